The number of carbonyl (C=O) groups is 1. The minimum absolute atomic E-state index is 0.0487. The first-order chi connectivity index (χ1) is 10.2. The molecule has 22 heavy (non-hydrogen) atoms. The van der Waals surface area contributed by atoms with Crippen molar-refractivity contribution in [3.63, 3.8) is 0 Å². The lowest BCUT2D eigenvalue weighted by Gasteiger charge is -2.38. The first-order valence-corrected chi connectivity index (χ1v) is 8.63. The van der Waals surface area contributed by atoms with E-state index in [-0.39, 0.29) is 12.0 Å². The summed E-state index contributed by atoms with van der Waals surface area (Å²) in [4.78, 5) is 15.2. The fourth-order valence-corrected chi connectivity index (χ4v) is 3.36. The van der Waals surface area contributed by atoms with Gasteiger partial charge in [0.15, 0.2) is 5.78 Å². The summed E-state index contributed by atoms with van der Waals surface area (Å²) in [6, 6.07) is 5.32. The molecule has 1 rings (SSSR count). The Kier molecular flexibility index (Phi) is 6.86. The van der Waals surface area contributed by atoms with Crippen LogP contribution in [0.4, 0.5) is 0 Å². The lowest BCUT2D eigenvalue weighted by molar-refractivity contribution is -0.129. The summed E-state index contributed by atoms with van der Waals surface area (Å²) in [5.41, 5.74) is 1.25. The van der Waals surface area contributed by atoms with Crippen LogP contribution in [0.1, 0.15) is 67.1 Å². The van der Waals surface area contributed by atoms with Crippen molar-refractivity contribution in [1.82, 2.24) is 9.47 Å². The first-order valence-electron chi connectivity index (χ1n) is 8.63. The molecule has 0 N–H and O–H groups in total. The normalized spacial score (nSPS) is 13.9. The maximum absolute atomic E-state index is 12.8. The van der Waals surface area contributed by atoms with Crippen molar-refractivity contribution in [2.45, 2.75) is 86.0 Å². The lowest BCUT2D eigenvalue weighted by atomic mass is 9.94. The lowest BCUT2D eigenvalue weighted by Crippen LogP contribution is -2.51. The Bertz CT molecular complexity index is 464. The van der Waals surface area contributed by atoms with Crippen LogP contribution in [0.15, 0.2) is 18.3 Å². The van der Waals surface area contributed by atoms with Gasteiger partial charge in [-0.3, -0.25) is 9.69 Å². The zero-order valence-electron chi connectivity index (χ0n) is 15.6. The number of aromatic nitrogens is 1. The van der Waals surface area contributed by atoms with Gasteiger partial charge in [0.25, 0.3) is 0 Å². The van der Waals surface area contributed by atoms with Crippen LogP contribution >= 0.6 is 0 Å². The Balaban J connectivity index is 3.15. The van der Waals surface area contributed by atoms with Crippen LogP contribution in [-0.2, 0) is 11.2 Å². The molecule has 0 amide bonds. The van der Waals surface area contributed by atoms with Crippen LogP contribution in [0.3, 0.4) is 0 Å². The number of ketones is 1. The van der Waals surface area contributed by atoms with Gasteiger partial charge in [0.1, 0.15) is 0 Å². The fourth-order valence-electron chi connectivity index (χ4n) is 3.36. The van der Waals surface area contributed by atoms with E-state index in [1.807, 2.05) is 13.8 Å². The van der Waals surface area contributed by atoms with Gasteiger partial charge in [-0.05, 0) is 53.7 Å². The molecule has 0 saturated carbocycles. The largest absolute Gasteiger partial charge is 0.349 e. The van der Waals surface area contributed by atoms with Crippen molar-refractivity contribution < 1.29 is 4.79 Å². The van der Waals surface area contributed by atoms with Crippen LogP contribution in [0.2, 0.25) is 0 Å². The van der Waals surface area contributed by atoms with Gasteiger partial charge >= 0.3 is 0 Å². The molecule has 1 aromatic heterocycles. The summed E-state index contributed by atoms with van der Waals surface area (Å²) in [7, 11) is 0. The van der Waals surface area contributed by atoms with Crippen molar-refractivity contribution in [2.24, 2.45) is 5.92 Å². The average Bonchev–Trinajstić information content (AvgIpc) is 2.84. The van der Waals surface area contributed by atoms with Crippen LogP contribution < -0.4 is 0 Å². The Labute approximate surface area is 136 Å². The van der Waals surface area contributed by atoms with Gasteiger partial charge in [-0.1, -0.05) is 13.8 Å². The smallest absolute Gasteiger partial charge is 0.152 e. The van der Waals surface area contributed by atoms with E-state index in [2.05, 4.69) is 69.3 Å². The van der Waals surface area contributed by atoms with E-state index in [9.17, 15) is 4.79 Å². The minimum atomic E-state index is -0.0487. The quantitative estimate of drug-likeness (QED) is 0.714. The third kappa shape index (κ3) is 4.45. The molecular formula is C19H34N2O. The summed E-state index contributed by atoms with van der Waals surface area (Å²) in [6.45, 7) is 17.1. The highest BCUT2D eigenvalue weighted by molar-refractivity contribution is 5.86. The first kappa shape index (κ1) is 19.0. The number of hydrogen-bond donors (Lipinski definition) is 0. The molecule has 0 radical (unpaired) electrons. The zero-order chi connectivity index (χ0) is 17.0. The highest BCUT2D eigenvalue weighted by atomic mass is 16.1. The Morgan fingerprint density at radius 3 is 2.00 bits per heavy atom. The number of Topliss-reactive ketones (excluding diaryl/α,β-unsaturated/α-hetero) is 1. The number of nitrogens with zero attached hydrogens (tertiary/aromatic N) is 2. The Morgan fingerprint density at radius 2 is 1.59 bits per heavy atom. The van der Waals surface area contributed by atoms with Crippen molar-refractivity contribution in [2.75, 3.05) is 0 Å². The molecule has 0 spiro atoms. The molecule has 126 valence electrons. The minimum Gasteiger partial charge on any atom is -0.349 e. The summed E-state index contributed by atoms with van der Waals surface area (Å²) in [6.07, 6.45) is 2.91. The van der Waals surface area contributed by atoms with E-state index in [4.69, 9.17) is 0 Å². The van der Waals surface area contributed by atoms with Gasteiger partial charge in [-0.15, -0.1) is 0 Å². The van der Waals surface area contributed by atoms with Gasteiger partial charge in [-0.2, -0.15) is 0 Å². The molecule has 0 saturated heterocycles. The van der Waals surface area contributed by atoms with Crippen molar-refractivity contribution >= 4 is 5.78 Å². The summed E-state index contributed by atoms with van der Waals surface area (Å²) >= 11 is 0. The molecule has 1 aromatic rings. The Hall–Kier alpha value is -1.09. The van der Waals surface area contributed by atoms with Crippen LogP contribution in [0, 0.1) is 5.92 Å². The van der Waals surface area contributed by atoms with E-state index in [1.54, 1.807) is 0 Å². The van der Waals surface area contributed by atoms with E-state index in [1.165, 1.54) is 5.69 Å². The van der Waals surface area contributed by atoms with E-state index in [0.717, 1.165) is 6.42 Å². The maximum atomic E-state index is 12.8. The SMILES string of the molecule is CC(C)C(=O)C(Cc1cccn1C(C)C)N(C(C)C)C(C)C. The predicted molar refractivity (Wildman–Crippen MR) is 94.3 cm³/mol. The van der Waals surface area contributed by atoms with Gasteiger partial charge in [0.05, 0.1) is 6.04 Å². The molecule has 3 heteroatoms. The zero-order valence-corrected chi connectivity index (χ0v) is 15.6. The van der Waals surface area contributed by atoms with Gasteiger partial charge in [-0.25, -0.2) is 0 Å². The molecule has 0 aliphatic heterocycles. The predicted octanol–water partition coefficient (Wildman–Crippen LogP) is 4.32. The molecular weight excluding hydrogens is 272 g/mol. The van der Waals surface area contributed by atoms with Gasteiger partial charge in [0, 0.05) is 42.4 Å². The maximum Gasteiger partial charge on any atom is 0.152 e. The van der Waals surface area contributed by atoms with Gasteiger partial charge in [0.2, 0.25) is 0 Å². The highest BCUT2D eigenvalue weighted by Crippen LogP contribution is 2.21. The molecule has 3 nitrogen and oxygen atoms in total. The molecule has 1 atom stereocenters. The standard InChI is InChI=1S/C19H34N2O/c1-13(2)19(22)18(21(15(5)6)16(7)8)12-17-10-9-11-20(17)14(3)4/h9-11,13-16,18H,12H2,1-8H3. The molecule has 0 aromatic carbocycles. The second-order valence-corrected chi connectivity index (χ2v) is 7.41. The summed E-state index contributed by atoms with van der Waals surface area (Å²) < 4.78 is 2.28. The van der Waals surface area contributed by atoms with Crippen LogP contribution in [-0.4, -0.2) is 33.4 Å². The fraction of sp³-hybridized carbons (Fsp3) is 0.737. The van der Waals surface area contributed by atoms with Crippen LogP contribution in [0.5, 0.6) is 0 Å². The number of hydrogen-bond acceptors (Lipinski definition) is 2. The monoisotopic (exact) mass is 306 g/mol. The summed E-state index contributed by atoms with van der Waals surface area (Å²) in [5, 5.41) is 0. The van der Waals surface area contributed by atoms with E-state index < -0.39 is 0 Å². The van der Waals surface area contributed by atoms with Gasteiger partial charge < -0.3 is 4.57 Å². The van der Waals surface area contributed by atoms with E-state index >= 15 is 0 Å². The second kappa shape index (κ2) is 7.96. The van der Waals surface area contributed by atoms with Crippen molar-refractivity contribution in [3.8, 4) is 0 Å². The number of rotatable bonds is 8. The summed E-state index contributed by atoms with van der Waals surface area (Å²) in [5.74, 6) is 0.409. The van der Waals surface area contributed by atoms with Crippen molar-refractivity contribution in [3.05, 3.63) is 24.0 Å². The molecule has 0 bridgehead atoms. The van der Waals surface area contributed by atoms with E-state index in [0.29, 0.717) is 23.9 Å². The molecule has 0 aliphatic rings. The second-order valence-electron chi connectivity index (χ2n) is 7.41. The van der Waals surface area contributed by atoms with Crippen LogP contribution in [0.25, 0.3) is 0 Å². The molecule has 1 heterocycles. The topological polar surface area (TPSA) is 25.2 Å². The number of carbonyl (C=O) groups excluding carboxylic acids is 1. The third-order valence-electron chi connectivity index (χ3n) is 4.28. The highest BCUT2D eigenvalue weighted by Gasteiger charge is 2.32. The molecule has 0 fully saturated rings. The third-order valence-corrected chi connectivity index (χ3v) is 4.28. The molecule has 0 aliphatic carbocycles. The Morgan fingerprint density at radius 1 is 1.05 bits per heavy atom. The molecule has 1 unspecified atom stereocenters. The van der Waals surface area contributed by atoms with Crippen molar-refractivity contribution in [1.29, 1.82) is 0 Å². The average molecular weight is 306 g/mol.